The third-order valence-electron chi connectivity index (χ3n) is 4.98. The van der Waals surface area contributed by atoms with Crippen LogP contribution >= 0.6 is 11.6 Å². The number of aromatic hydroxyl groups is 1. The second kappa shape index (κ2) is 11.5. The molecule has 1 aromatic heterocycles. The third kappa shape index (κ3) is 6.02. The molecule has 0 aliphatic rings. The van der Waals surface area contributed by atoms with E-state index in [2.05, 4.69) is 25.9 Å². The van der Waals surface area contributed by atoms with E-state index in [4.69, 9.17) is 21.1 Å². The van der Waals surface area contributed by atoms with Gasteiger partial charge < -0.3 is 19.9 Å². The molecule has 10 nitrogen and oxygen atoms in total. The van der Waals surface area contributed by atoms with Gasteiger partial charge in [0.15, 0.2) is 5.78 Å². The number of ether oxygens (including phenoxy) is 2. The second-order valence-electron chi connectivity index (χ2n) is 7.58. The van der Waals surface area contributed by atoms with Crippen LogP contribution in [0.1, 0.15) is 58.8 Å². The highest BCUT2D eigenvalue weighted by Crippen LogP contribution is 2.33. The van der Waals surface area contributed by atoms with Crippen molar-refractivity contribution in [3.8, 4) is 17.2 Å². The molecule has 0 bridgehead atoms. The number of ketones is 1. The molecule has 180 valence electrons. The summed E-state index contributed by atoms with van der Waals surface area (Å²) in [4.78, 5) is 23.9. The van der Waals surface area contributed by atoms with Crippen LogP contribution in [0.25, 0.3) is 0 Å². The Morgan fingerprint density at radius 2 is 1.91 bits per heavy atom. The van der Waals surface area contributed by atoms with E-state index >= 15 is 0 Å². The van der Waals surface area contributed by atoms with Crippen molar-refractivity contribution >= 4 is 29.0 Å². The normalized spacial score (nSPS) is 10.7. The molecule has 1 amide bonds. The second-order valence-corrected chi connectivity index (χ2v) is 7.99. The minimum absolute atomic E-state index is 0.0183. The van der Waals surface area contributed by atoms with E-state index in [1.807, 2.05) is 13.8 Å². The number of aromatic amines is 1. The summed E-state index contributed by atoms with van der Waals surface area (Å²) in [5, 5.41) is 26.3. The van der Waals surface area contributed by atoms with E-state index < -0.39 is 5.91 Å². The molecular formula is C23H26ClN5O5. The molecule has 0 spiro atoms. The van der Waals surface area contributed by atoms with Gasteiger partial charge in [-0.05, 0) is 49.2 Å². The highest BCUT2D eigenvalue weighted by atomic mass is 35.5. The zero-order chi connectivity index (χ0) is 24.7. The number of hydrogen-bond donors (Lipinski definition) is 3. The number of halogens is 1. The van der Waals surface area contributed by atoms with Crippen molar-refractivity contribution in [2.75, 3.05) is 18.5 Å². The van der Waals surface area contributed by atoms with Crippen LogP contribution in [0, 0.1) is 6.92 Å². The quantitative estimate of drug-likeness (QED) is 0.271. The topological polar surface area (TPSA) is 139 Å². The highest BCUT2D eigenvalue weighted by molar-refractivity contribution is 6.34. The summed E-state index contributed by atoms with van der Waals surface area (Å²) < 4.78 is 11.7. The number of aryl methyl sites for hydroxylation is 1. The van der Waals surface area contributed by atoms with Crippen molar-refractivity contribution in [3.63, 3.8) is 0 Å². The highest BCUT2D eigenvalue weighted by Gasteiger charge is 2.17. The number of phenolic OH excluding ortho intramolecular Hbond substituents is 1. The summed E-state index contributed by atoms with van der Waals surface area (Å²) in [5.74, 6) is 0.236. The monoisotopic (exact) mass is 487 g/mol. The van der Waals surface area contributed by atoms with E-state index in [0.717, 1.165) is 12.0 Å². The molecule has 0 aliphatic heterocycles. The summed E-state index contributed by atoms with van der Waals surface area (Å²) in [6.07, 6.45) is 1.96. The predicted molar refractivity (Wildman–Crippen MR) is 126 cm³/mol. The van der Waals surface area contributed by atoms with Gasteiger partial charge in [-0.3, -0.25) is 9.59 Å². The lowest BCUT2D eigenvalue weighted by atomic mass is 10.0. The molecule has 3 rings (SSSR count). The van der Waals surface area contributed by atoms with E-state index in [1.54, 1.807) is 24.3 Å². The minimum Gasteiger partial charge on any atom is -0.507 e. The van der Waals surface area contributed by atoms with E-state index in [-0.39, 0.29) is 17.4 Å². The van der Waals surface area contributed by atoms with Crippen LogP contribution in [-0.2, 0) is 6.42 Å². The number of phenols is 1. The molecule has 1 heterocycles. The Morgan fingerprint density at radius 1 is 1.18 bits per heavy atom. The molecule has 0 atom stereocenters. The number of benzene rings is 2. The molecule has 0 radical (unpaired) electrons. The van der Waals surface area contributed by atoms with Gasteiger partial charge >= 0.3 is 0 Å². The smallest absolute Gasteiger partial charge is 0.297 e. The first kappa shape index (κ1) is 25.0. The van der Waals surface area contributed by atoms with Crippen LogP contribution in [0.4, 0.5) is 5.69 Å². The third-order valence-corrected chi connectivity index (χ3v) is 5.30. The molecule has 11 heteroatoms. The number of H-pyrrole nitrogens is 1. The van der Waals surface area contributed by atoms with Crippen LogP contribution in [0.15, 0.2) is 24.3 Å². The maximum Gasteiger partial charge on any atom is 0.297 e. The van der Waals surface area contributed by atoms with Crippen LogP contribution in [0.2, 0.25) is 5.02 Å². The maximum absolute atomic E-state index is 12.2. The summed E-state index contributed by atoms with van der Waals surface area (Å²) in [7, 11) is 0. The summed E-state index contributed by atoms with van der Waals surface area (Å²) >= 11 is 6.25. The SMILES string of the molecule is CCCc1c(OCCCOc2cc(NC(=O)c3nn[nH]n3)c(Cl)cc2C)ccc(C(C)=O)c1O. The van der Waals surface area contributed by atoms with Gasteiger partial charge in [-0.25, -0.2) is 0 Å². The van der Waals surface area contributed by atoms with Crippen LogP contribution in [-0.4, -0.2) is 50.6 Å². The van der Waals surface area contributed by atoms with Crippen LogP contribution in [0.5, 0.6) is 17.2 Å². The standard InChI is InChI=1S/C23H26ClN5O5/c1-4-6-16-19(8-7-15(14(3)30)21(16)31)33-9-5-10-34-20-12-18(17(24)11-13(20)2)25-23(32)22-26-28-29-27-22/h7-8,11-12,31H,4-6,9-10H2,1-3H3,(H,25,32)(H,26,27,28,29). The van der Waals surface area contributed by atoms with Crippen LogP contribution < -0.4 is 14.8 Å². The minimum atomic E-state index is -0.555. The molecular weight excluding hydrogens is 462 g/mol. The van der Waals surface area contributed by atoms with E-state index in [0.29, 0.717) is 59.4 Å². The summed E-state index contributed by atoms with van der Waals surface area (Å²) in [6, 6.07) is 6.61. The van der Waals surface area contributed by atoms with Crippen molar-refractivity contribution in [1.82, 2.24) is 20.6 Å². The summed E-state index contributed by atoms with van der Waals surface area (Å²) in [6.45, 7) is 5.96. The average molecular weight is 488 g/mol. The van der Waals surface area contributed by atoms with Gasteiger partial charge in [0.2, 0.25) is 0 Å². The Kier molecular flexibility index (Phi) is 8.42. The number of nitrogens with zero attached hydrogens (tertiary/aromatic N) is 3. The number of aromatic nitrogens is 4. The van der Waals surface area contributed by atoms with Crippen LogP contribution in [0.3, 0.4) is 0 Å². The van der Waals surface area contributed by atoms with Gasteiger partial charge in [-0.1, -0.05) is 24.9 Å². The lowest BCUT2D eigenvalue weighted by Gasteiger charge is -2.15. The number of carbonyl (C=O) groups is 2. The van der Waals surface area contributed by atoms with Gasteiger partial charge in [0.25, 0.3) is 11.7 Å². The molecule has 3 aromatic rings. The summed E-state index contributed by atoms with van der Waals surface area (Å²) in [5.41, 5.74) is 2.09. The first-order valence-corrected chi connectivity index (χ1v) is 11.2. The average Bonchev–Trinajstić information content (AvgIpc) is 3.33. The molecule has 3 N–H and O–H groups in total. The lowest BCUT2D eigenvalue weighted by Crippen LogP contribution is -2.14. The molecule has 2 aromatic carbocycles. The predicted octanol–water partition coefficient (Wildman–Crippen LogP) is 4.12. The molecule has 0 unspecified atom stereocenters. The number of amides is 1. The molecule has 34 heavy (non-hydrogen) atoms. The Balaban J connectivity index is 1.58. The number of nitrogens with one attached hydrogen (secondary N) is 2. The zero-order valence-electron chi connectivity index (χ0n) is 19.1. The van der Waals surface area contributed by atoms with Gasteiger partial charge in [0, 0.05) is 18.1 Å². The Labute approximate surface area is 201 Å². The number of rotatable bonds is 11. The number of anilines is 1. The first-order valence-electron chi connectivity index (χ1n) is 10.8. The Bertz CT molecular complexity index is 1170. The fourth-order valence-electron chi connectivity index (χ4n) is 3.29. The van der Waals surface area contributed by atoms with E-state index in [9.17, 15) is 14.7 Å². The first-order chi connectivity index (χ1) is 16.3. The fraction of sp³-hybridized carbons (Fsp3) is 0.348. The van der Waals surface area contributed by atoms with Gasteiger partial charge in [-0.15, -0.1) is 10.2 Å². The molecule has 0 saturated heterocycles. The van der Waals surface area contributed by atoms with Crippen molar-refractivity contribution in [2.45, 2.75) is 40.0 Å². The van der Waals surface area contributed by atoms with Crippen molar-refractivity contribution < 1.29 is 24.2 Å². The van der Waals surface area contributed by atoms with Gasteiger partial charge in [0.1, 0.15) is 17.2 Å². The number of tetrazole rings is 1. The molecule has 0 aliphatic carbocycles. The Hall–Kier alpha value is -3.66. The van der Waals surface area contributed by atoms with Gasteiger partial charge in [-0.2, -0.15) is 5.21 Å². The van der Waals surface area contributed by atoms with Crippen molar-refractivity contribution in [1.29, 1.82) is 0 Å². The van der Waals surface area contributed by atoms with E-state index in [1.165, 1.54) is 6.92 Å². The molecule has 0 saturated carbocycles. The largest absolute Gasteiger partial charge is 0.507 e. The van der Waals surface area contributed by atoms with Gasteiger partial charge in [0.05, 0.1) is 29.5 Å². The molecule has 0 fully saturated rings. The number of hydrogen-bond acceptors (Lipinski definition) is 8. The fourth-order valence-corrected chi connectivity index (χ4v) is 3.56. The number of carbonyl (C=O) groups excluding carboxylic acids is 2. The van der Waals surface area contributed by atoms with Crippen molar-refractivity contribution in [2.24, 2.45) is 0 Å². The zero-order valence-corrected chi connectivity index (χ0v) is 19.9. The lowest BCUT2D eigenvalue weighted by molar-refractivity contribution is 0.100. The Morgan fingerprint density at radius 3 is 2.56 bits per heavy atom. The number of Topliss-reactive ketones (excluding diaryl/α,β-unsaturated/α-hetero) is 1. The van der Waals surface area contributed by atoms with Crippen molar-refractivity contribution in [3.05, 3.63) is 51.8 Å². The maximum atomic E-state index is 12.2.